The summed E-state index contributed by atoms with van der Waals surface area (Å²) in [6.07, 6.45) is 1.79. The van der Waals surface area contributed by atoms with E-state index < -0.39 is 0 Å². The van der Waals surface area contributed by atoms with Crippen molar-refractivity contribution in [1.82, 2.24) is 0 Å². The van der Waals surface area contributed by atoms with Crippen molar-refractivity contribution < 1.29 is 14.6 Å². The average molecular weight is 202 g/mol. The quantitative estimate of drug-likeness (QED) is 0.668. The number of esters is 1. The molecule has 0 rings (SSSR count). The highest BCUT2D eigenvalue weighted by Gasteiger charge is 2.17. The first-order valence-electron chi connectivity index (χ1n) is 5.19. The fourth-order valence-corrected chi connectivity index (χ4v) is 1.76. The summed E-state index contributed by atoms with van der Waals surface area (Å²) in [5, 5.41) is 8.88. The van der Waals surface area contributed by atoms with Crippen molar-refractivity contribution in [3.63, 3.8) is 0 Å². The molecule has 0 radical (unpaired) electrons. The molecule has 0 aliphatic rings. The highest BCUT2D eigenvalue weighted by Crippen LogP contribution is 2.20. The minimum absolute atomic E-state index is 0.0408. The molecule has 84 valence electrons. The number of aliphatic hydroxyl groups is 1. The number of carbonyl (C=O) groups is 1. The van der Waals surface area contributed by atoms with Crippen molar-refractivity contribution in [2.24, 2.45) is 17.8 Å². The number of ether oxygens (including phenoxy) is 1. The number of methoxy groups -OCH3 is 1. The molecule has 0 aromatic heterocycles. The smallest absolute Gasteiger partial charge is 0.308 e. The van der Waals surface area contributed by atoms with Crippen LogP contribution < -0.4 is 0 Å². The van der Waals surface area contributed by atoms with Gasteiger partial charge in [0, 0.05) is 6.61 Å². The summed E-state index contributed by atoms with van der Waals surface area (Å²) in [7, 11) is 1.42. The topological polar surface area (TPSA) is 46.5 Å². The second kappa shape index (κ2) is 6.82. The highest BCUT2D eigenvalue weighted by molar-refractivity contribution is 5.71. The summed E-state index contributed by atoms with van der Waals surface area (Å²) in [6.45, 7) is 6.22. The maximum Gasteiger partial charge on any atom is 0.308 e. The van der Waals surface area contributed by atoms with Crippen LogP contribution in [0.25, 0.3) is 0 Å². The maximum atomic E-state index is 11.1. The van der Waals surface area contributed by atoms with Crippen LogP contribution in [0.3, 0.4) is 0 Å². The molecular formula is C11H22O3. The van der Waals surface area contributed by atoms with Gasteiger partial charge in [-0.2, -0.15) is 0 Å². The average Bonchev–Trinajstić information content (AvgIpc) is 2.15. The molecule has 0 bridgehead atoms. The molecule has 0 aromatic carbocycles. The van der Waals surface area contributed by atoms with Crippen LogP contribution in [0.1, 0.15) is 33.6 Å². The Labute approximate surface area is 86.5 Å². The van der Waals surface area contributed by atoms with Gasteiger partial charge in [-0.15, -0.1) is 0 Å². The predicted octanol–water partition coefficient (Wildman–Crippen LogP) is 1.84. The third kappa shape index (κ3) is 5.22. The zero-order valence-electron chi connectivity index (χ0n) is 9.62. The minimum Gasteiger partial charge on any atom is -0.469 e. The first kappa shape index (κ1) is 13.4. The van der Waals surface area contributed by atoms with E-state index in [2.05, 4.69) is 11.7 Å². The van der Waals surface area contributed by atoms with Crippen LogP contribution in [0.2, 0.25) is 0 Å². The van der Waals surface area contributed by atoms with Crippen molar-refractivity contribution in [1.29, 1.82) is 0 Å². The number of hydrogen-bond acceptors (Lipinski definition) is 3. The van der Waals surface area contributed by atoms with Gasteiger partial charge in [0.15, 0.2) is 0 Å². The highest BCUT2D eigenvalue weighted by atomic mass is 16.5. The lowest BCUT2D eigenvalue weighted by Crippen LogP contribution is -2.17. The van der Waals surface area contributed by atoms with E-state index in [1.54, 1.807) is 0 Å². The molecule has 0 amide bonds. The molecule has 1 N–H and O–H groups in total. The molecule has 0 heterocycles. The predicted molar refractivity (Wildman–Crippen MR) is 55.8 cm³/mol. The Morgan fingerprint density at radius 3 is 2.21 bits per heavy atom. The maximum absolute atomic E-state index is 11.1. The third-order valence-electron chi connectivity index (χ3n) is 2.48. The van der Waals surface area contributed by atoms with E-state index in [9.17, 15) is 4.79 Å². The normalized spacial score (nSPS) is 17.2. The summed E-state index contributed by atoms with van der Waals surface area (Å²) in [6, 6.07) is 0. The Hall–Kier alpha value is -0.570. The zero-order chi connectivity index (χ0) is 11.1. The molecule has 0 fully saturated rings. The molecule has 0 aliphatic heterocycles. The number of rotatable bonds is 6. The Morgan fingerprint density at radius 1 is 1.21 bits per heavy atom. The Bertz CT molecular complexity index is 168. The molecule has 0 saturated heterocycles. The van der Waals surface area contributed by atoms with Crippen molar-refractivity contribution in [3.05, 3.63) is 0 Å². The fourth-order valence-electron chi connectivity index (χ4n) is 1.76. The first-order chi connectivity index (χ1) is 6.51. The van der Waals surface area contributed by atoms with Gasteiger partial charge in [-0.05, 0) is 24.7 Å². The molecule has 3 nitrogen and oxygen atoms in total. The SMILES string of the molecule is COC(=O)[C@@H](C)C[C@@H](C)C[C@@H](C)CO. The van der Waals surface area contributed by atoms with E-state index in [4.69, 9.17) is 5.11 Å². The second-order valence-electron chi connectivity index (χ2n) is 4.29. The molecule has 14 heavy (non-hydrogen) atoms. The van der Waals surface area contributed by atoms with Crippen molar-refractivity contribution in [2.75, 3.05) is 13.7 Å². The molecule has 0 spiro atoms. The van der Waals surface area contributed by atoms with Crippen LogP contribution in [0.15, 0.2) is 0 Å². The molecule has 0 aliphatic carbocycles. The molecule has 3 atom stereocenters. The molecule has 0 unspecified atom stereocenters. The number of hydrogen-bond donors (Lipinski definition) is 1. The van der Waals surface area contributed by atoms with Crippen molar-refractivity contribution in [2.45, 2.75) is 33.6 Å². The Kier molecular flexibility index (Phi) is 6.54. The first-order valence-corrected chi connectivity index (χ1v) is 5.19. The fraction of sp³-hybridized carbons (Fsp3) is 0.909. The van der Waals surface area contributed by atoms with Gasteiger partial charge in [-0.3, -0.25) is 4.79 Å². The van der Waals surface area contributed by atoms with Gasteiger partial charge in [0.1, 0.15) is 0 Å². The summed E-state index contributed by atoms with van der Waals surface area (Å²) in [4.78, 5) is 11.1. The zero-order valence-corrected chi connectivity index (χ0v) is 9.62. The summed E-state index contributed by atoms with van der Waals surface area (Å²) in [5.74, 6) is 0.579. The number of aliphatic hydroxyl groups excluding tert-OH is 1. The lowest BCUT2D eigenvalue weighted by Gasteiger charge is -2.18. The van der Waals surface area contributed by atoms with Crippen LogP contribution in [-0.2, 0) is 9.53 Å². The second-order valence-corrected chi connectivity index (χ2v) is 4.29. The molecular weight excluding hydrogens is 180 g/mol. The van der Waals surface area contributed by atoms with Gasteiger partial charge in [0.25, 0.3) is 0 Å². The summed E-state index contributed by atoms with van der Waals surface area (Å²) < 4.78 is 4.66. The van der Waals surface area contributed by atoms with Crippen LogP contribution in [0, 0.1) is 17.8 Å². The summed E-state index contributed by atoms with van der Waals surface area (Å²) >= 11 is 0. The van der Waals surface area contributed by atoms with Crippen molar-refractivity contribution >= 4 is 5.97 Å². The molecule has 3 heteroatoms. The van der Waals surface area contributed by atoms with Crippen LogP contribution in [0.4, 0.5) is 0 Å². The lowest BCUT2D eigenvalue weighted by molar-refractivity contribution is -0.145. The Morgan fingerprint density at radius 2 is 1.79 bits per heavy atom. The summed E-state index contributed by atoms with van der Waals surface area (Å²) in [5.41, 5.74) is 0. The Balaban J connectivity index is 3.81. The van der Waals surface area contributed by atoms with E-state index in [-0.39, 0.29) is 18.5 Å². The molecule has 0 aromatic rings. The van der Waals surface area contributed by atoms with Gasteiger partial charge >= 0.3 is 5.97 Å². The van der Waals surface area contributed by atoms with Gasteiger partial charge in [0.05, 0.1) is 13.0 Å². The van der Waals surface area contributed by atoms with E-state index in [0.29, 0.717) is 11.8 Å². The lowest BCUT2D eigenvalue weighted by atomic mass is 9.90. The van der Waals surface area contributed by atoms with E-state index in [0.717, 1.165) is 12.8 Å². The third-order valence-corrected chi connectivity index (χ3v) is 2.48. The van der Waals surface area contributed by atoms with E-state index >= 15 is 0 Å². The molecule has 0 saturated carbocycles. The van der Waals surface area contributed by atoms with Gasteiger partial charge in [-0.1, -0.05) is 20.8 Å². The van der Waals surface area contributed by atoms with E-state index in [1.807, 2.05) is 13.8 Å². The van der Waals surface area contributed by atoms with Crippen LogP contribution >= 0.6 is 0 Å². The standard InChI is InChI=1S/C11H22O3/c1-8(5-9(2)7-12)6-10(3)11(13)14-4/h8-10,12H,5-7H2,1-4H3/t8-,9+,10-/m0/s1. The largest absolute Gasteiger partial charge is 0.469 e. The monoisotopic (exact) mass is 202 g/mol. The minimum atomic E-state index is -0.145. The van der Waals surface area contributed by atoms with Gasteiger partial charge < -0.3 is 9.84 Å². The number of carbonyl (C=O) groups excluding carboxylic acids is 1. The van der Waals surface area contributed by atoms with Gasteiger partial charge in [-0.25, -0.2) is 0 Å². The van der Waals surface area contributed by atoms with Crippen molar-refractivity contribution in [3.8, 4) is 0 Å². The van der Waals surface area contributed by atoms with Gasteiger partial charge in [0.2, 0.25) is 0 Å². The van der Waals surface area contributed by atoms with Crippen LogP contribution in [0.5, 0.6) is 0 Å². The van der Waals surface area contributed by atoms with Crippen LogP contribution in [-0.4, -0.2) is 24.8 Å². The van der Waals surface area contributed by atoms with E-state index in [1.165, 1.54) is 7.11 Å².